The van der Waals surface area contributed by atoms with Crippen LogP contribution in [-0.2, 0) is 22.3 Å². The molecule has 1 aliphatic carbocycles. The molecule has 2 aliphatic heterocycles. The summed E-state index contributed by atoms with van der Waals surface area (Å²) in [6, 6.07) is 6.22. The monoisotopic (exact) mass is 315 g/mol. The largest absolute Gasteiger partial charge is 0.377 e. The molecule has 124 valence electrons. The second-order valence-corrected chi connectivity index (χ2v) is 7.08. The van der Waals surface area contributed by atoms with Crippen LogP contribution >= 0.6 is 0 Å². The Hall–Kier alpha value is -1.39. The maximum Gasteiger partial charge on any atom is 0.253 e. The van der Waals surface area contributed by atoms with Crippen LogP contribution in [0.25, 0.3) is 0 Å². The highest BCUT2D eigenvalue weighted by atomic mass is 16.5. The minimum atomic E-state index is -0.163. The summed E-state index contributed by atoms with van der Waals surface area (Å²) >= 11 is 0. The number of rotatable bonds is 2. The van der Waals surface area contributed by atoms with Crippen LogP contribution in [0.1, 0.15) is 47.2 Å². The number of piperidine rings is 1. The quantitative estimate of drug-likeness (QED) is 0.842. The molecule has 0 N–H and O–H groups in total. The lowest BCUT2D eigenvalue weighted by molar-refractivity contribution is -0.136. The highest BCUT2D eigenvalue weighted by Crippen LogP contribution is 2.37. The Morgan fingerprint density at radius 3 is 2.91 bits per heavy atom. The molecule has 1 amide bonds. The van der Waals surface area contributed by atoms with Crippen molar-refractivity contribution >= 4 is 5.91 Å². The Kier molecular flexibility index (Phi) is 3.90. The second-order valence-electron chi connectivity index (χ2n) is 7.08. The maximum atomic E-state index is 12.9. The zero-order chi connectivity index (χ0) is 15.9. The maximum absolute atomic E-state index is 12.9. The lowest BCUT2D eigenvalue weighted by atomic mass is 9.85. The smallest absolute Gasteiger partial charge is 0.253 e. The van der Waals surface area contributed by atoms with Crippen LogP contribution in [0, 0.1) is 0 Å². The Labute approximate surface area is 137 Å². The van der Waals surface area contributed by atoms with Crippen molar-refractivity contribution < 1.29 is 14.3 Å². The predicted octanol–water partition coefficient (Wildman–Crippen LogP) is 2.59. The predicted molar refractivity (Wildman–Crippen MR) is 87.7 cm³/mol. The molecule has 1 aromatic rings. The molecule has 4 heteroatoms. The van der Waals surface area contributed by atoms with Crippen LogP contribution in [0.5, 0.6) is 0 Å². The van der Waals surface area contributed by atoms with E-state index in [-0.39, 0.29) is 17.6 Å². The summed E-state index contributed by atoms with van der Waals surface area (Å²) in [5, 5.41) is 0. The molecule has 4 rings (SSSR count). The number of benzene rings is 1. The number of ether oxygens (including phenoxy) is 2. The molecule has 1 aromatic carbocycles. The lowest BCUT2D eigenvalue weighted by Crippen LogP contribution is -2.57. The summed E-state index contributed by atoms with van der Waals surface area (Å²) in [4.78, 5) is 14.8. The van der Waals surface area contributed by atoms with E-state index >= 15 is 0 Å². The van der Waals surface area contributed by atoms with Gasteiger partial charge in [-0.1, -0.05) is 6.07 Å². The minimum absolute atomic E-state index is 0.0165. The van der Waals surface area contributed by atoms with Gasteiger partial charge in [-0.3, -0.25) is 4.79 Å². The number of hydrogen-bond donors (Lipinski definition) is 0. The number of nitrogens with zero attached hydrogens (tertiary/aromatic N) is 1. The summed E-state index contributed by atoms with van der Waals surface area (Å²) in [7, 11) is 1.73. The molecule has 0 unspecified atom stereocenters. The van der Waals surface area contributed by atoms with Gasteiger partial charge in [0.25, 0.3) is 5.91 Å². The summed E-state index contributed by atoms with van der Waals surface area (Å²) in [5.41, 5.74) is 3.42. The molecule has 3 aliphatic rings. The van der Waals surface area contributed by atoms with Gasteiger partial charge in [0.1, 0.15) is 6.10 Å². The van der Waals surface area contributed by atoms with Gasteiger partial charge in [0.15, 0.2) is 0 Å². The summed E-state index contributed by atoms with van der Waals surface area (Å²) in [6.45, 7) is 2.21. The van der Waals surface area contributed by atoms with Crippen molar-refractivity contribution in [2.24, 2.45) is 0 Å². The fourth-order valence-corrected chi connectivity index (χ4v) is 4.47. The Balaban J connectivity index is 1.51. The second kappa shape index (κ2) is 5.91. The van der Waals surface area contributed by atoms with E-state index in [1.807, 2.05) is 11.0 Å². The van der Waals surface area contributed by atoms with Gasteiger partial charge in [-0.25, -0.2) is 0 Å². The topological polar surface area (TPSA) is 38.8 Å². The van der Waals surface area contributed by atoms with Crippen molar-refractivity contribution in [3.63, 3.8) is 0 Å². The molecule has 2 fully saturated rings. The third-order valence-corrected chi connectivity index (χ3v) is 5.83. The van der Waals surface area contributed by atoms with Crippen molar-refractivity contribution in [2.75, 3.05) is 26.8 Å². The zero-order valence-corrected chi connectivity index (χ0v) is 13.8. The fourth-order valence-electron chi connectivity index (χ4n) is 4.47. The highest BCUT2D eigenvalue weighted by molar-refractivity contribution is 5.94. The normalized spacial score (nSPS) is 30.0. The molecule has 23 heavy (non-hydrogen) atoms. The fraction of sp³-hybridized carbons (Fsp3) is 0.632. The molecular weight excluding hydrogens is 290 g/mol. The zero-order valence-electron chi connectivity index (χ0n) is 13.8. The molecule has 2 saturated heterocycles. The molecular formula is C19H25NO3. The highest BCUT2D eigenvalue weighted by Gasteiger charge is 2.47. The van der Waals surface area contributed by atoms with Gasteiger partial charge in [0.05, 0.1) is 5.60 Å². The molecule has 4 nitrogen and oxygen atoms in total. The van der Waals surface area contributed by atoms with Crippen LogP contribution in [0.15, 0.2) is 18.2 Å². The number of likely N-dealkylation sites (tertiary alicyclic amines) is 1. The van der Waals surface area contributed by atoms with E-state index in [0.29, 0.717) is 6.54 Å². The molecule has 0 bridgehead atoms. The van der Waals surface area contributed by atoms with Crippen molar-refractivity contribution in [3.05, 3.63) is 34.9 Å². The number of fused-ring (bicyclic) bond motifs is 1. The molecule has 2 heterocycles. The van der Waals surface area contributed by atoms with E-state index in [1.165, 1.54) is 17.5 Å². The number of amides is 1. The van der Waals surface area contributed by atoms with Gasteiger partial charge in [0.2, 0.25) is 0 Å². The number of hydrogen-bond acceptors (Lipinski definition) is 3. The first kappa shape index (κ1) is 15.2. The van der Waals surface area contributed by atoms with Gasteiger partial charge in [-0.15, -0.1) is 0 Å². The summed E-state index contributed by atoms with van der Waals surface area (Å²) in [6.07, 6.45) is 6.47. The van der Waals surface area contributed by atoms with Gasteiger partial charge >= 0.3 is 0 Å². The van der Waals surface area contributed by atoms with Crippen LogP contribution < -0.4 is 0 Å². The van der Waals surface area contributed by atoms with E-state index in [2.05, 4.69) is 12.1 Å². The summed E-state index contributed by atoms with van der Waals surface area (Å²) in [5.74, 6) is 0.134. The number of carbonyl (C=O) groups is 1. The van der Waals surface area contributed by atoms with Gasteiger partial charge in [0, 0.05) is 32.4 Å². The first-order chi connectivity index (χ1) is 11.2. The molecule has 2 atom stereocenters. The average molecular weight is 315 g/mol. The van der Waals surface area contributed by atoms with E-state index in [1.54, 1.807) is 7.11 Å². The van der Waals surface area contributed by atoms with E-state index in [0.717, 1.165) is 50.8 Å². The first-order valence-electron chi connectivity index (χ1n) is 8.80. The van der Waals surface area contributed by atoms with Crippen LogP contribution in [0.2, 0.25) is 0 Å². The van der Waals surface area contributed by atoms with Crippen molar-refractivity contribution in [3.8, 4) is 0 Å². The Morgan fingerprint density at radius 2 is 2.13 bits per heavy atom. The standard InChI is InChI=1S/C19H25NO3/c1-22-17-13-20(10-9-19(17)8-3-11-23-19)18(21)16-7-6-14-4-2-5-15(14)12-16/h6-7,12,17H,2-5,8-11,13H2,1H3/t17-,19-/m0/s1. The summed E-state index contributed by atoms with van der Waals surface area (Å²) < 4.78 is 11.7. The van der Waals surface area contributed by atoms with E-state index in [9.17, 15) is 4.79 Å². The van der Waals surface area contributed by atoms with E-state index in [4.69, 9.17) is 9.47 Å². The molecule has 0 radical (unpaired) electrons. The van der Waals surface area contributed by atoms with Crippen molar-refractivity contribution in [1.29, 1.82) is 0 Å². The Bertz CT molecular complexity index is 607. The van der Waals surface area contributed by atoms with Crippen LogP contribution in [-0.4, -0.2) is 49.3 Å². The molecule has 1 spiro atoms. The van der Waals surface area contributed by atoms with Crippen LogP contribution in [0.3, 0.4) is 0 Å². The SMILES string of the molecule is CO[C@H]1CN(C(=O)c2ccc3c(c2)CCC3)CC[C@@]12CCCO2. The van der Waals surface area contributed by atoms with Crippen LogP contribution in [0.4, 0.5) is 0 Å². The number of aryl methyl sites for hydroxylation is 2. The van der Waals surface area contributed by atoms with Gasteiger partial charge < -0.3 is 14.4 Å². The number of carbonyl (C=O) groups excluding carboxylic acids is 1. The molecule has 0 aromatic heterocycles. The van der Waals surface area contributed by atoms with Gasteiger partial charge in [-0.2, -0.15) is 0 Å². The van der Waals surface area contributed by atoms with E-state index < -0.39 is 0 Å². The lowest BCUT2D eigenvalue weighted by Gasteiger charge is -2.44. The minimum Gasteiger partial charge on any atom is -0.377 e. The first-order valence-corrected chi connectivity index (χ1v) is 8.80. The molecule has 0 saturated carbocycles. The Morgan fingerprint density at radius 1 is 1.26 bits per heavy atom. The average Bonchev–Trinajstić information content (AvgIpc) is 3.23. The third-order valence-electron chi connectivity index (χ3n) is 5.83. The van der Waals surface area contributed by atoms with Crippen molar-refractivity contribution in [2.45, 2.75) is 50.2 Å². The third kappa shape index (κ3) is 2.58. The van der Waals surface area contributed by atoms with Crippen molar-refractivity contribution in [1.82, 2.24) is 4.90 Å². The number of methoxy groups -OCH3 is 1. The van der Waals surface area contributed by atoms with Gasteiger partial charge in [-0.05, 0) is 61.8 Å².